The molecule has 10 heteroatoms. The lowest BCUT2D eigenvalue weighted by Gasteiger charge is -2.15. The van der Waals surface area contributed by atoms with E-state index < -0.39 is 18.0 Å². The van der Waals surface area contributed by atoms with Gasteiger partial charge < -0.3 is 20.5 Å². The number of aliphatic hydroxyl groups is 1. The van der Waals surface area contributed by atoms with Gasteiger partial charge in [-0.2, -0.15) is 13.2 Å². The monoisotopic (exact) mass is 380 g/mol. The van der Waals surface area contributed by atoms with Crippen molar-refractivity contribution >= 4 is 17.3 Å². The fraction of sp³-hybridized carbons (Fsp3) is 0.733. The van der Waals surface area contributed by atoms with E-state index >= 15 is 0 Å². The van der Waals surface area contributed by atoms with E-state index in [4.69, 9.17) is 4.74 Å². The van der Waals surface area contributed by atoms with Gasteiger partial charge in [0.2, 0.25) is 0 Å². The van der Waals surface area contributed by atoms with E-state index in [1.54, 1.807) is 0 Å². The van der Waals surface area contributed by atoms with Crippen LogP contribution in [0.2, 0.25) is 0 Å². The molecule has 1 unspecified atom stereocenters. The summed E-state index contributed by atoms with van der Waals surface area (Å²) in [5, 5.41) is 17.0. The number of thiazole rings is 1. The fourth-order valence-electron chi connectivity index (χ4n) is 1.93. The third-order valence-electron chi connectivity index (χ3n) is 3.42. The second-order valence-electron chi connectivity index (χ2n) is 5.83. The van der Waals surface area contributed by atoms with Crippen molar-refractivity contribution in [3.63, 3.8) is 0 Å². The molecule has 6 nitrogen and oxygen atoms in total. The van der Waals surface area contributed by atoms with Crippen LogP contribution < -0.4 is 10.6 Å². The van der Waals surface area contributed by atoms with E-state index in [9.17, 15) is 18.3 Å². The molecule has 1 aliphatic rings. The average molecular weight is 380 g/mol. The van der Waals surface area contributed by atoms with Gasteiger partial charge in [-0.15, -0.1) is 11.3 Å². The highest BCUT2D eigenvalue weighted by Gasteiger charge is 2.33. The van der Waals surface area contributed by atoms with Gasteiger partial charge in [0.25, 0.3) is 0 Å². The number of ether oxygens (including phenoxy) is 1. The minimum Gasteiger partial charge on any atom is -0.389 e. The minimum absolute atomic E-state index is 0.0321. The van der Waals surface area contributed by atoms with E-state index in [0.29, 0.717) is 25.0 Å². The maximum atomic E-state index is 12.5. The molecule has 1 saturated carbocycles. The van der Waals surface area contributed by atoms with Crippen LogP contribution in [-0.2, 0) is 17.5 Å². The predicted molar refractivity (Wildman–Crippen MR) is 89.5 cm³/mol. The van der Waals surface area contributed by atoms with Crippen molar-refractivity contribution in [1.82, 2.24) is 15.6 Å². The summed E-state index contributed by atoms with van der Waals surface area (Å²) in [5.41, 5.74) is -0.899. The standard InChI is InChI=1S/C15H23F3N4O2S/c1-2-19-14(20-5-11(23)8-24-7-10-3-4-10)21-6-13-22-12(9-25-13)15(16,17)18/h9-11,23H,2-8H2,1H3,(H2,19,20,21). The Morgan fingerprint density at radius 2 is 2.24 bits per heavy atom. The second kappa shape index (κ2) is 9.35. The molecule has 0 aromatic carbocycles. The molecule has 1 aromatic rings. The second-order valence-corrected chi connectivity index (χ2v) is 6.78. The van der Waals surface area contributed by atoms with Crippen LogP contribution in [0.4, 0.5) is 13.2 Å². The van der Waals surface area contributed by atoms with E-state index in [1.165, 1.54) is 12.8 Å². The molecular formula is C15H23F3N4O2S. The molecule has 2 rings (SSSR count). The zero-order valence-electron chi connectivity index (χ0n) is 14.0. The number of nitrogens with one attached hydrogen (secondary N) is 2. The summed E-state index contributed by atoms with van der Waals surface area (Å²) in [6, 6.07) is 0. The van der Waals surface area contributed by atoms with Gasteiger partial charge in [0.05, 0.1) is 19.3 Å². The van der Waals surface area contributed by atoms with Crippen LogP contribution in [0.25, 0.3) is 0 Å². The van der Waals surface area contributed by atoms with Gasteiger partial charge in [0, 0.05) is 25.1 Å². The lowest BCUT2D eigenvalue weighted by molar-refractivity contribution is -0.140. The topological polar surface area (TPSA) is 78.8 Å². The van der Waals surface area contributed by atoms with Gasteiger partial charge in [0.15, 0.2) is 11.7 Å². The van der Waals surface area contributed by atoms with E-state index in [0.717, 1.165) is 16.7 Å². The first kappa shape index (κ1) is 19.9. The number of rotatable bonds is 9. The first-order valence-electron chi connectivity index (χ1n) is 8.18. The zero-order chi connectivity index (χ0) is 18.3. The normalized spacial score (nSPS) is 16.8. The molecule has 0 saturated heterocycles. The van der Waals surface area contributed by atoms with Crippen molar-refractivity contribution in [3.8, 4) is 0 Å². The number of alkyl halides is 3. The average Bonchev–Trinajstić information content (AvgIpc) is 3.23. The van der Waals surface area contributed by atoms with Crippen molar-refractivity contribution in [3.05, 3.63) is 16.1 Å². The lowest BCUT2D eigenvalue weighted by Crippen LogP contribution is -2.42. The fourth-order valence-corrected chi connectivity index (χ4v) is 2.65. The molecule has 1 fully saturated rings. The van der Waals surface area contributed by atoms with Crippen LogP contribution in [0.5, 0.6) is 0 Å². The highest BCUT2D eigenvalue weighted by atomic mass is 32.1. The number of hydrogen-bond donors (Lipinski definition) is 3. The van der Waals surface area contributed by atoms with Crippen molar-refractivity contribution < 1.29 is 23.0 Å². The van der Waals surface area contributed by atoms with E-state index in [1.807, 2.05) is 6.92 Å². The van der Waals surface area contributed by atoms with Crippen LogP contribution in [0, 0.1) is 5.92 Å². The van der Waals surface area contributed by atoms with Crippen LogP contribution in [0.3, 0.4) is 0 Å². The molecule has 1 aliphatic carbocycles. The Morgan fingerprint density at radius 1 is 1.48 bits per heavy atom. The minimum atomic E-state index is -4.44. The summed E-state index contributed by atoms with van der Waals surface area (Å²) in [4.78, 5) is 7.73. The van der Waals surface area contributed by atoms with E-state index in [-0.39, 0.29) is 24.7 Å². The Morgan fingerprint density at radius 3 is 2.84 bits per heavy atom. The summed E-state index contributed by atoms with van der Waals surface area (Å²) in [6.45, 7) is 3.65. The molecule has 1 atom stereocenters. The molecule has 0 aliphatic heterocycles. The van der Waals surface area contributed by atoms with Gasteiger partial charge in [-0.1, -0.05) is 0 Å². The van der Waals surface area contributed by atoms with Gasteiger partial charge in [-0.3, -0.25) is 0 Å². The van der Waals surface area contributed by atoms with Crippen molar-refractivity contribution in [2.24, 2.45) is 10.9 Å². The maximum absolute atomic E-state index is 12.5. The zero-order valence-corrected chi connectivity index (χ0v) is 14.8. The largest absolute Gasteiger partial charge is 0.434 e. The first-order valence-corrected chi connectivity index (χ1v) is 9.06. The lowest BCUT2D eigenvalue weighted by atomic mass is 10.4. The summed E-state index contributed by atoms with van der Waals surface area (Å²) < 4.78 is 43.0. The molecule has 1 aromatic heterocycles. The van der Waals surface area contributed by atoms with Gasteiger partial charge in [-0.05, 0) is 25.7 Å². The van der Waals surface area contributed by atoms with Crippen molar-refractivity contribution in [2.75, 3.05) is 26.3 Å². The number of aliphatic imine (C=N–C) groups is 1. The summed E-state index contributed by atoms with van der Waals surface area (Å²) in [7, 11) is 0. The molecule has 142 valence electrons. The van der Waals surface area contributed by atoms with Crippen LogP contribution in [-0.4, -0.2) is 48.5 Å². The van der Waals surface area contributed by atoms with Crippen molar-refractivity contribution in [2.45, 2.75) is 38.6 Å². The Kier molecular flexibility index (Phi) is 7.45. The van der Waals surface area contributed by atoms with Crippen molar-refractivity contribution in [1.29, 1.82) is 0 Å². The third kappa shape index (κ3) is 7.57. The van der Waals surface area contributed by atoms with Crippen LogP contribution in [0.1, 0.15) is 30.5 Å². The Labute approximate surface area is 148 Å². The molecule has 0 amide bonds. The molecule has 3 N–H and O–H groups in total. The number of aromatic nitrogens is 1. The number of hydrogen-bond acceptors (Lipinski definition) is 5. The summed E-state index contributed by atoms with van der Waals surface area (Å²) in [5.74, 6) is 1.05. The molecule has 25 heavy (non-hydrogen) atoms. The number of halogens is 3. The molecule has 0 spiro atoms. The third-order valence-corrected chi connectivity index (χ3v) is 4.26. The Balaban J connectivity index is 1.77. The summed E-state index contributed by atoms with van der Waals surface area (Å²) in [6.07, 6.45) is -2.73. The molecular weight excluding hydrogens is 357 g/mol. The highest BCUT2D eigenvalue weighted by molar-refractivity contribution is 7.09. The quantitative estimate of drug-likeness (QED) is 0.451. The van der Waals surface area contributed by atoms with Crippen LogP contribution >= 0.6 is 11.3 Å². The molecule has 0 bridgehead atoms. The van der Waals surface area contributed by atoms with Gasteiger partial charge in [0.1, 0.15) is 5.01 Å². The van der Waals surface area contributed by atoms with Crippen LogP contribution in [0.15, 0.2) is 10.4 Å². The first-order chi connectivity index (χ1) is 11.9. The predicted octanol–water partition coefficient (Wildman–Crippen LogP) is 2.00. The SMILES string of the molecule is CCNC(=NCc1nc(C(F)(F)F)cs1)NCC(O)COCC1CC1. The number of guanidine groups is 1. The van der Waals surface area contributed by atoms with Gasteiger partial charge in [-0.25, -0.2) is 9.98 Å². The smallest absolute Gasteiger partial charge is 0.389 e. The van der Waals surface area contributed by atoms with E-state index in [2.05, 4.69) is 20.6 Å². The molecule has 0 radical (unpaired) electrons. The number of aliphatic hydroxyl groups excluding tert-OH is 1. The van der Waals surface area contributed by atoms with Gasteiger partial charge >= 0.3 is 6.18 Å². The highest BCUT2D eigenvalue weighted by Crippen LogP contribution is 2.30. The Hall–Kier alpha value is -1.39. The molecule has 1 heterocycles. The summed E-state index contributed by atoms with van der Waals surface area (Å²) >= 11 is 0.917. The number of nitrogens with zero attached hydrogens (tertiary/aromatic N) is 2. The maximum Gasteiger partial charge on any atom is 0.434 e. The Bertz CT molecular complexity index is 561.